The normalized spacial score (nSPS) is 13.1. The van der Waals surface area contributed by atoms with Crippen molar-refractivity contribution in [3.05, 3.63) is 47.4 Å². The van der Waals surface area contributed by atoms with Gasteiger partial charge in [-0.2, -0.15) is 19.1 Å². The van der Waals surface area contributed by atoms with Crippen molar-refractivity contribution in [1.29, 1.82) is 0 Å². The third-order valence-electron chi connectivity index (χ3n) is 2.65. The van der Waals surface area contributed by atoms with Gasteiger partial charge in [-0.1, -0.05) is 18.7 Å². The summed E-state index contributed by atoms with van der Waals surface area (Å²) in [6, 6.07) is 5.76. The number of benzene rings is 1. The number of carbonyl (C=O) groups excluding carboxylic acids is 1. The van der Waals surface area contributed by atoms with E-state index in [4.69, 9.17) is 19.4 Å². The number of thiophene rings is 1. The van der Waals surface area contributed by atoms with Crippen LogP contribution in [-0.2, 0) is 4.74 Å². The summed E-state index contributed by atoms with van der Waals surface area (Å²) in [5, 5.41) is 0.555. The average molecular weight is 331 g/mol. The Morgan fingerprint density at radius 2 is 2.14 bits per heavy atom. The van der Waals surface area contributed by atoms with Gasteiger partial charge in [0.1, 0.15) is 11.5 Å². The average Bonchev–Trinajstić information content (AvgIpc) is 2.85. The summed E-state index contributed by atoms with van der Waals surface area (Å²) in [4.78, 5) is 39.0. The number of ether oxygens (including phenoxy) is 1. The molecule has 1 atom stereocenters. The van der Waals surface area contributed by atoms with Gasteiger partial charge in [-0.05, 0) is 23.6 Å². The minimum Gasteiger partial charge on any atom is -0.457 e. The Morgan fingerprint density at radius 1 is 1.43 bits per heavy atom. The van der Waals surface area contributed by atoms with Crippen molar-refractivity contribution in [2.24, 2.45) is 0 Å². The van der Waals surface area contributed by atoms with Gasteiger partial charge < -0.3 is 4.74 Å². The molecule has 0 aliphatic heterocycles. The number of rotatable bonds is 5. The number of hydrogen-bond acceptors (Lipinski definition) is 6. The lowest BCUT2D eigenvalue weighted by molar-refractivity contribution is 0.0555. The SMILES string of the molecule is C=CCOC(=O)c1cc2cc([C@H](F)[P+](O)(O)O)ccc2s1. The molecule has 3 N–H and O–H groups in total. The molecule has 0 unspecified atom stereocenters. The first-order valence-corrected chi connectivity index (χ1v) is 8.39. The summed E-state index contributed by atoms with van der Waals surface area (Å²) in [6.45, 7) is 3.53. The molecule has 2 rings (SSSR count). The lowest BCUT2D eigenvalue weighted by Crippen LogP contribution is -2.02. The molecular weight excluding hydrogens is 318 g/mol. The Bertz CT molecular complexity index is 679. The van der Waals surface area contributed by atoms with Crippen LogP contribution in [0.15, 0.2) is 36.9 Å². The van der Waals surface area contributed by atoms with Gasteiger partial charge in [0.05, 0.1) is 0 Å². The van der Waals surface area contributed by atoms with Gasteiger partial charge in [0.15, 0.2) is 0 Å². The lowest BCUT2D eigenvalue weighted by Gasteiger charge is -2.09. The van der Waals surface area contributed by atoms with Crippen molar-refractivity contribution in [2.75, 3.05) is 6.61 Å². The van der Waals surface area contributed by atoms with Crippen LogP contribution in [-0.4, -0.2) is 27.3 Å². The molecule has 0 amide bonds. The quantitative estimate of drug-likeness (QED) is 0.445. The van der Waals surface area contributed by atoms with Crippen LogP contribution in [0, 0.1) is 0 Å². The molecule has 21 heavy (non-hydrogen) atoms. The second-order valence-electron chi connectivity index (χ2n) is 4.25. The van der Waals surface area contributed by atoms with Gasteiger partial charge in [0.2, 0.25) is 0 Å². The highest BCUT2D eigenvalue weighted by Gasteiger charge is 2.44. The molecule has 1 aromatic carbocycles. The number of fused-ring (bicyclic) bond motifs is 1. The smallest absolute Gasteiger partial charge is 0.444 e. The van der Waals surface area contributed by atoms with Crippen molar-refractivity contribution in [3.63, 3.8) is 0 Å². The fourth-order valence-corrected chi connectivity index (χ4v) is 3.21. The fourth-order valence-electron chi connectivity index (χ4n) is 1.72. The maximum Gasteiger partial charge on any atom is 0.444 e. The first-order valence-electron chi connectivity index (χ1n) is 5.85. The maximum atomic E-state index is 13.7. The summed E-state index contributed by atoms with van der Waals surface area (Å²) in [5.41, 5.74) is -0.0628. The third kappa shape index (κ3) is 3.64. The largest absolute Gasteiger partial charge is 0.457 e. The van der Waals surface area contributed by atoms with E-state index in [-0.39, 0.29) is 12.2 Å². The number of esters is 1. The second kappa shape index (κ2) is 6.17. The van der Waals surface area contributed by atoms with E-state index in [1.165, 1.54) is 35.6 Å². The fraction of sp³-hybridized carbons (Fsp3) is 0.154. The molecule has 1 aromatic heterocycles. The van der Waals surface area contributed by atoms with Crippen molar-refractivity contribution in [1.82, 2.24) is 0 Å². The van der Waals surface area contributed by atoms with E-state index in [0.717, 1.165) is 0 Å². The number of carbonyl (C=O) groups is 1. The molecule has 0 saturated heterocycles. The van der Waals surface area contributed by atoms with Gasteiger partial charge in [-0.15, -0.1) is 11.3 Å². The molecule has 0 fully saturated rings. The molecule has 0 spiro atoms. The van der Waals surface area contributed by atoms with E-state index in [9.17, 15) is 9.18 Å². The molecule has 5 nitrogen and oxygen atoms in total. The highest BCUT2D eigenvalue weighted by atomic mass is 32.1. The van der Waals surface area contributed by atoms with E-state index in [1.807, 2.05) is 0 Å². The summed E-state index contributed by atoms with van der Waals surface area (Å²) < 4.78 is 19.3. The summed E-state index contributed by atoms with van der Waals surface area (Å²) in [6.07, 6.45) is 1.45. The van der Waals surface area contributed by atoms with Crippen LogP contribution in [0.5, 0.6) is 0 Å². The zero-order chi connectivity index (χ0) is 15.6. The Morgan fingerprint density at radius 3 is 2.76 bits per heavy atom. The van der Waals surface area contributed by atoms with Crippen LogP contribution >= 0.6 is 19.3 Å². The van der Waals surface area contributed by atoms with Gasteiger partial charge in [0.25, 0.3) is 0 Å². The van der Waals surface area contributed by atoms with Crippen LogP contribution in [0.3, 0.4) is 0 Å². The second-order valence-corrected chi connectivity index (χ2v) is 7.01. The van der Waals surface area contributed by atoms with Crippen LogP contribution in [0.25, 0.3) is 10.1 Å². The standard InChI is InChI=1S/C13H13FO5PS/c1-2-5-19-13(15)11-7-9-6-8(3-4-10(9)21-11)12(14)20(16,17)18/h2-4,6-7,12,16-18H,1,5H2/q+1/t12-/m1/s1. The number of hydrogen-bond donors (Lipinski definition) is 3. The zero-order valence-corrected chi connectivity index (χ0v) is 12.5. The molecular formula is C13H13FO5PS+. The number of halogens is 1. The van der Waals surface area contributed by atoms with E-state index in [2.05, 4.69) is 6.58 Å². The van der Waals surface area contributed by atoms with Gasteiger partial charge in [-0.3, -0.25) is 0 Å². The molecule has 2 aromatic rings. The predicted octanol–water partition coefficient (Wildman–Crippen LogP) is 2.95. The topological polar surface area (TPSA) is 87.0 Å². The Kier molecular flexibility index (Phi) is 4.70. The molecule has 1 heterocycles. The van der Waals surface area contributed by atoms with Gasteiger partial charge in [0, 0.05) is 10.3 Å². The monoisotopic (exact) mass is 331 g/mol. The molecule has 8 heteroatoms. The predicted molar refractivity (Wildman–Crippen MR) is 79.7 cm³/mol. The van der Waals surface area contributed by atoms with Crippen molar-refractivity contribution in [2.45, 2.75) is 5.91 Å². The highest BCUT2D eigenvalue weighted by Crippen LogP contribution is 2.60. The first kappa shape index (κ1) is 16.0. The highest BCUT2D eigenvalue weighted by molar-refractivity contribution is 7.58. The Labute approximate surface area is 124 Å². The summed E-state index contributed by atoms with van der Waals surface area (Å²) >= 11 is 1.17. The zero-order valence-electron chi connectivity index (χ0n) is 10.8. The Hall–Kier alpha value is -1.37. The third-order valence-corrected chi connectivity index (χ3v) is 4.66. The Balaban J connectivity index is 2.32. The first-order chi connectivity index (χ1) is 9.82. The van der Waals surface area contributed by atoms with Crippen LogP contribution < -0.4 is 0 Å². The molecule has 0 aliphatic rings. The van der Waals surface area contributed by atoms with Crippen LogP contribution in [0.1, 0.15) is 21.1 Å². The minimum absolute atomic E-state index is 0.0628. The maximum absolute atomic E-state index is 13.7. The summed E-state index contributed by atoms with van der Waals surface area (Å²) in [5.74, 6) is -2.78. The summed E-state index contributed by atoms with van der Waals surface area (Å²) in [7, 11) is -4.60. The minimum atomic E-state index is -4.60. The number of alkyl halides is 1. The van der Waals surface area contributed by atoms with Gasteiger partial charge in [-0.25, -0.2) is 4.79 Å². The van der Waals surface area contributed by atoms with E-state index >= 15 is 0 Å². The van der Waals surface area contributed by atoms with Crippen LogP contribution in [0.4, 0.5) is 4.39 Å². The molecule has 0 aliphatic carbocycles. The molecule has 0 saturated carbocycles. The van der Waals surface area contributed by atoms with Crippen LogP contribution in [0.2, 0.25) is 0 Å². The van der Waals surface area contributed by atoms with Crippen molar-refractivity contribution in [3.8, 4) is 0 Å². The van der Waals surface area contributed by atoms with Crippen molar-refractivity contribution >= 4 is 35.3 Å². The molecule has 112 valence electrons. The molecule has 0 bridgehead atoms. The molecule has 0 radical (unpaired) electrons. The van der Waals surface area contributed by atoms with E-state index in [0.29, 0.717) is 15.0 Å². The van der Waals surface area contributed by atoms with E-state index in [1.54, 1.807) is 6.07 Å². The lowest BCUT2D eigenvalue weighted by atomic mass is 10.2. The van der Waals surface area contributed by atoms with E-state index < -0.39 is 19.8 Å². The van der Waals surface area contributed by atoms with Gasteiger partial charge >= 0.3 is 19.8 Å². The van der Waals surface area contributed by atoms with Crippen molar-refractivity contribution < 1.29 is 28.6 Å².